The number of rotatable bonds is 3. The molecule has 94 valence electrons. The topological polar surface area (TPSA) is 73.8 Å². The van der Waals surface area contributed by atoms with Gasteiger partial charge >= 0.3 is 0 Å². The van der Waals surface area contributed by atoms with Gasteiger partial charge in [0.15, 0.2) is 5.16 Å². The highest BCUT2D eigenvalue weighted by Crippen LogP contribution is 2.29. The minimum atomic E-state index is -0.648. The molecule has 0 aliphatic carbocycles. The molecule has 0 aliphatic rings. The summed E-state index contributed by atoms with van der Waals surface area (Å²) < 4.78 is 15.0. The van der Waals surface area contributed by atoms with Crippen LogP contribution in [0.1, 0.15) is 5.82 Å². The third-order valence-corrected chi connectivity index (χ3v) is 3.34. The van der Waals surface area contributed by atoms with E-state index in [2.05, 4.69) is 10.2 Å². The maximum absolute atomic E-state index is 13.2. The van der Waals surface area contributed by atoms with Crippen molar-refractivity contribution in [2.45, 2.75) is 17.0 Å². The van der Waals surface area contributed by atoms with Crippen LogP contribution in [-0.2, 0) is 7.05 Å². The maximum atomic E-state index is 13.2. The monoisotopic (exact) mass is 268 g/mol. The van der Waals surface area contributed by atoms with Crippen molar-refractivity contribution < 1.29 is 9.31 Å². The predicted octanol–water partition coefficient (Wildman–Crippen LogP) is 2.32. The summed E-state index contributed by atoms with van der Waals surface area (Å²) in [5.74, 6) is 0.0639. The zero-order valence-electron chi connectivity index (χ0n) is 9.62. The van der Waals surface area contributed by atoms with E-state index in [0.29, 0.717) is 15.9 Å². The molecule has 18 heavy (non-hydrogen) atoms. The number of nitrogens with zero attached hydrogens (tertiary/aromatic N) is 4. The normalized spacial score (nSPS) is 10.6. The van der Waals surface area contributed by atoms with E-state index in [4.69, 9.17) is 0 Å². The second-order valence-electron chi connectivity index (χ2n) is 3.59. The standard InChI is InChI=1S/C10H9FN4O2S/c1-6-12-13-10(14(6)2)18-9-4-7(11)3-8(5-9)15(16)17/h3-5H,1-2H3. The largest absolute Gasteiger partial charge is 0.309 e. The van der Waals surface area contributed by atoms with E-state index in [-0.39, 0.29) is 5.69 Å². The van der Waals surface area contributed by atoms with E-state index >= 15 is 0 Å². The van der Waals surface area contributed by atoms with Gasteiger partial charge in [0.1, 0.15) is 11.6 Å². The molecule has 1 aromatic carbocycles. The third kappa shape index (κ3) is 2.48. The van der Waals surface area contributed by atoms with E-state index in [1.807, 2.05) is 0 Å². The fourth-order valence-electron chi connectivity index (χ4n) is 1.29. The Morgan fingerprint density at radius 2 is 2.11 bits per heavy atom. The minimum Gasteiger partial charge on any atom is -0.309 e. The van der Waals surface area contributed by atoms with Crippen LogP contribution in [0.5, 0.6) is 0 Å². The molecule has 0 radical (unpaired) electrons. The molecule has 0 bridgehead atoms. The maximum Gasteiger partial charge on any atom is 0.273 e. The van der Waals surface area contributed by atoms with Crippen molar-refractivity contribution in [1.82, 2.24) is 14.8 Å². The first-order valence-electron chi connectivity index (χ1n) is 4.96. The smallest absolute Gasteiger partial charge is 0.273 e. The molecule has 2 rings (SSSR count). The number of nitro groups is 1. The molecule has 0 N–H and O–H groups in total. The molecule has 0 saturated heterocycles. The number of nitro benzene ring substituents is 1. The lowest BCUT2D eigenvalue weighted by atomic mass is 10.3. The molecule has 0 spiro atoms. The number of non-ortho nitro benzene ring substituents is 1. The average molecular weight is 268 g/mol. The molecule has 6 nitrogen and oxygen atoms in total. The van der Waals surface area contributed by atoms with E-state index < -0.39 is 10.7 Å². The number of aryl methyl sites for hydroxylation is 1. The van der Waals surface area contributed by atoms with E-state index in [1.165, 1.54) is 12.1 Å². The number of benzene rings is 1. The second kappa shape index (κ2) is 4.73. The molecule has 0 aliphatic heterocycles. The average Bonchev–Trinajstić information content (AvgIpc) is 2.60. The van der Waals surface area contributed by atoms with Crippen molar-refractivity contribution in [3.05, 3.63) is 40.0 Å². The highest BCUT2D eigenvalue weighted by molar-refractivity contribution is 7.99. The van der Waals surface area contributed by atoms with Gasteiger partial charge in [-0.05, 0) is 24.8 Å². The molecule has 0 fully saturated rings. The van der Waals surface area contributed by atoms with Crippen molar-refractivity contribution in [1.29, 1.82) is 0 Å². The third-order valence-electron chi connectivity index (χ3n) is 2.33. The fraction of sp³-hybridized carbons (Fsp3) is 0.200. The second-order valence-corrected chi connectivity index (χ2v) is 4.63. The summed E-state index contributed by atoms with van der Waals surface area (Å²) >= 11 is 1.13. The van der Waals surface area contributed by atoms with E-state index in [0.717, 1.165) is 17.8 Å². The van der Waals surface area contributed by atoms with Gasteiger partial charge in [0.05, 0.1) is 11.0 Å². The number of hydrogen-bond donors (Lipinski definition) is 0. The Kier molecular flexibility index (Phi) is 3.28. The molecule has 0 saturated carbocycles. The Balaban J connectivity index is 2.34. The van der Waals surface area contributed by atoms with E-state index in [1.54, 1.807) is 18.5 Å². The molecular formula is C10H9FN4O2S. The zero-order valence-corrected chi connectivity index (χ0v) is 10.4. The number of aromatic nitrogens is 3. The Bertz CT molecular complexity index is 614. The Morgan fingerprint density at radius 1 is 1.39 bits per heavy atom. The van der Waals surface area contributed by atoms with Crippen LogP contribution in [0, 0.1) is 22.9 Å². The van der Waals surface area contributed by atoms with Gasteiger partial charge in [0.2, 0.25) is 0 Å². The van der Waals surface area contributed by atoms with Crippen LogP contribution in [0.25, 0.3) is 0 Å². The van der Waals surface area contributed by atoms with Gasteiger partial charge in [-0.15, -0.1) is 10.2 Å². The Morgan fingerprint density at radius 3 is 2.67 bits per heavy atom. The molecule has 1 aromatic heterocycles. The summed E-state index contributed by atoms with van der Waals surface area (Å²) in [5, 5.41) is 18.9. The van der Waals surface area contributed by atoms with Gasteiger partial charge in [0.25, 0.3) is 5.69 Å². The number of hydrogen-bond acceptors (Lipinski definition) is 5. The summed E-state index contributed by atoms with van der Waals surface area (Å²) in [4.78, 5) is 10.4. The van der Waals surface area contributed by atoms with Crippen LogP contribution in [0.3, 0.4) is 0 Å². The first-order chi connectivity index (χ1) is 8.47. The lowest BCUT2D eigenvalue weighted by Gasteiger charge is -2.02. The van der Waals surface area contributed by atoms with Gasteiger partial charge in [-0.2, -0.15) is 0 Å². The summed E-state index contributed by atoms with van der Waals surface area (Å²) in [6, 6.07) is 3.41. The van der Waals surface area contributed by atoms with Crippen LogP contribution >= 0.6 is 11.8 Å². The van der Waals surface area contributed by atoms with Crippen LogP contribution in [0.4, 0.5) is 10.1 Å². The molecule has 0 unspecified atom stereocenters. The SMILES string of the molecule is Cc1nnc(Sc2cc(F)cc([N+](=O)[O-])c2)n1C. The predicted molar refractivity (Wildman–Crippen MR) is 62.9 cm³/mol. The van der Waals surface area contributed by atoms with Crippen molar-refractivity contribution in [2.24, 2.45) is 7.05 Å². The Hall–Kier alpha value is -1.96. The minimum absolute atomic E-state index is 0.281. The summed E-state index contributed by atoms with van der Waals surface area (Å²) in [6.07, 6.45) is 0. The molecule has 1 heterocycles. The van der Waals surface area contributed by atoms with Crippen molar-refractivity contribution in [3.63, 3.8) is 0 Å². The van der Waals surface area contributed by atoms with Crippen molar-refractivity contribution in [2.75, 3.05) is 0 Å². The van der Waals surface area contributed by atoms with Gasteiger partial charge < -0.3 is 4.57 Å². The summed E-state index contributed by atoms with van der Waals surface area (Å²) in [5.41, 5.74) is -0.281. The molecule has 0 atom stereocenters. The van der Waals surface area contributed by atoms with Crippen molar-refractivity contribution >= 4 is 17.4 Å². The fourth-order valence-corrected chi connectivity index (χ4v) is 2.21. The van der Waals surface area contributed by atoms with Crippen LogP contribution in [-0.4, -0.2) is 19.7 Å². The molecule has 2 aromatic rings. The zero-order chi connectivity index (χ0) is 13.3. The molecular weight excluding hydrogens is 259 g/mol. The Labute approximate surface area is 106 Å². The summed E-state index contributed by atoms with van der Waals surface area (Å²) in [7, 11) is 1.77. The van der Waals surface area contributed by atoms with Crippen LogP contribution in [0.2, 0.25) is 0 Å². The van der Waals surface area contributed by atoms with Gasteiger partial charge in [-0.1, -0.05) is 0 Å². The lowest BCUT2D eigenvalue weighted by Crippen LogP contribution is -1.94. The van der Waals surface area contributed by atoms with Crippen LogP contribution in [0.15, 0.2) is 28.3 Å². The van der Waals surface area contributed by atoms with E-state index in [9.17, 15) is 14.5 Å². The molecule has 8 heteroatoms. The lowest BCUT2D eigenvalue weighted by molar-refractivity contribution is -0.385. The van der Waals surface area contributed by atoms with Crippen LogP contribution < -0.4 is 0 Å². The van der Waals surface area contributed by atoms with Crippen molar-refractivity contribution in [3.8, 4) is 0 Å². The first-order valence-corrected chi connectivity index (χ1v) is 5.78. The summed E-state index contributed by atoms with van der Waals surface area (Å²) in [6.45, 7) is 1.78. The highest BCUT2D eigenvalue weighted by Gasteiger charge is 2.13. The molecule has 0 amide bonds. The number of halogens is 1. The van der Waals surface area contributed by atoms with Gasteiger partial charge in [-0.25, -0.2) is 4.39 Å². The van der Waals surface area contributed by atoms with Gasteiger partial charge in [-0.3, -0.25) is 10.1 Å². The van der Waals surface area contributed by atoms with Gasteiger partial charge in [0, 0.05) is 18.0 Å². The first kappa shape index (κ1) is 12.5. The quantitative estimate of drug-likeness (QED) is 0.631. The highest BCUT2D eigenvalue weighted by atomic mass is 32.2.